The number of hydrogen-bond donors (Lipinski definition) is 3. The molecule has 5 nitrogen and oxygen atoms in total. The van der Waals surface area contributed by atoms with E-state index in [1.54, 1.807) is 12.3 Å². The Morgan fingerprint density at radius 3 is 2.84 bits per heavy atom. The first-order valence-electron chi connectivity index (χ1n) is 8.14. The number of nitrogens with one attached hydrogen (secondary N) is 3. The van der Waals surface area contributed by atoms with Crippen LogP contribution in [-0.2, 0) is 13.0 Å². The zero-order valence-corrected chi connectivity index (χ0v) is 14.2. The number of aromatic nitrogens is 2. The molecule has 6 heteroatoms. The molecule has 1 amide bonds. The lowest BCUT2D eigenvalue weighted by Gasteiger charge is -2.16. The summed E-state index contributed by atoms with van der Waals surface area (Å²) in [6.45, 7) is 1.73. The third-order valence-corrected chi connectivity index (χ3v) is 4.51. The molecule has 0 atom stereocenters. The van der Waals surface area contributed by atoms with E-state index in [0.29, 0.717) is 16.4 Å². The number of fused-ring (bicyclic) bond motifs is 1. The van der Waals surface area contributed by atoms with Gasteiger partial charge in [0.1, 0.15) is 5.69 Å². The number of amides is 1. The average molecular weight is 353 g/mol. The molecule has 4 rings (SSSR count). The Labute approximate surface area is 150 Å². The summed E-state index contributed by atoms with van der Waals surface area (Å²) in [6.07, 6.45) is 2.63. The average Bonchev–Trinajstić information content (AvgIpc) is 3.12. The number of carbonyl (C=O) groups is 1. The number of benzene rings is 1. The van der Waals surface area contributed by atoms with Gasteiger partial charge in [-0.1, -0.05) is 23.7 Å². The molecule has 0 unspecified atom stereocenters. The van der Waals surface area contributed by atoms with Crippen molar-refractivity contribution in [1.82, 2.24) is 15.3 Å². The van der Waals surface area contributed by atoms with Gasteiger partial charge in [0.2, 0.25) is 0 Å². The van der Waals surface area contributed by atoms with Crippen molar-refractivity contribution < 1.29 is 4.79 Å². The second kappa shape index (κ2) is 6.70. The number of hydrogen-bond acceptors (Lipinski definition) is 3. The Hall–Kier alpha value is -2.63. The predicted molar refractivity (Wildman–Crippen MR) is 98.8 cm³/mol. The molecule has 0 aliphatic carbocycles. The van der Waals surface area contributed by atoms with E-state index in [0.717, 1.165) is 42.0 Å². The third-order valence-electron chi connectivity index (χ3n) is 4.26. The van der Waals surface area contributed by atoms with Gasteiger partial charge in [-0.15, -0.1) is 0 Å². The summed E-state index contributed by atoms with van der Waals surface area (Å²) < 4.78 is 0. The highest BCUT2D eigenvalue weighted by atomic mass is 35.5. The second-order valence-electron chi connectivity index (χ2n) is 6.00. The minimum absolute atomic E-state index is 0.189. The summed E-state index contributed by atoms with van der Waals surface area (Å²) >= 11 is 5.91. The highest BCUT2D eigenvalue weighted by Crippen LogP contribution is 2.22. The molecule has 0 fully saturated rings. The van der Waals surface area contributed by atoms with Crippen LogP contribution in [0.3, 0.4) is 0 Å². The van der Waals surface area contributed by atoms with Crippen LogP contribution in [0.2, 0.25) is 5.02 Å². The maximum absolute atomic E-state index is 12.5. The van der Waals surface area contributed by atoms with Gasteiger partial charge in [0.05, 0.1) is 11.9 Å². The summed E-state index contributed by atoms with van der Waals surface area (Å²) in [7, 11) is 0. The van der Waals surface area contributed by atoms with Gasteiger partial charge in [0.15, 0.2) is 0 Å². The van der Waals surface area contributed by atoms with E-state index in [-0.39, 0.29) is 5.91 Å². The predicted octanol–water partition coefficient (Wildman–Crippen LogP) is 3.63. The lowest BCUT2D eigenvalue weighted by molar-refractivity contribution is 0.102. The quantitative estimate of drug-likeness (QED) is 0.674. The van der Waals surface area contributed by atoms with Crippen LogP contribution >= 0.6 is 11.6 Å². The zero-order chi connectivity index (χ0) is 17.2. The fourth-order valence-electron chi connectivity index (χ4n) is 2.94. The molecule has 3 N–H and O–H groups in total. The van der Waals surface area contributed by atoms with Crippen LogP contribution in [0, 0.1) is 0 Å². The lowest BCUT2D eigenvalue weighted by Crippen LogP contribution is -2.25. The first-order chi connectivity index (χ1) is 12.2. The van der Waals surface area contributed by atoms with Crippen LogP contribution in [0.25, 0.3) is 11.3 Å². The highest BCUT2D eigenvalue weighted by molar-refractivity contribution is 6.30. The molecular formula is C19H17ClN4O. The SMILES string of the molecule is O=C(Nc1cnc2c(c1)CNCC2)c1ccc(-c2ccc(Cl)cc2)[nH]1. The van der Waals surface area contributed by atoms with Gasteiger partial charge in [0.25, 0.3) is 5.91 Å². The van der Waals surface area contributed by atoms with Crippen molar-refractivity contribution in [2.45, 2.75) is 13.0 Å². The molecule has 0 spiro atoms. The van der Waals surface area contributed by atoms with Crippen molar-refractivity contribution in [3.63, 3.8) is 0 Å². The summed E-state index contributed by atoms with van der Waals surface area (Å²) in [5, 5.41) is 6.89. The molecule has 25 heavy (non-hydrogen) atoms. The number of rotatable bonds is 3. The molecule has 3 aromatic rings. The molecule has 1 aliphatic heterocycles. The van der Waals surface area contributed by atoms with Crippen LogP contribution in [0.1, 0.15) is 21.7 Å². The van der Waals surface area contributed by atoms with Crippen molar-refractivity contribution in [2.24, 2.45) is 0 Å². The topological polar surface area (TPSA) is 69.8 Å². The first kappa shape index (κ1) is 15.9. The van der Waals surface area contributed by atoms with Crippen LogP contribution in [-0.4, -0.2) is 22.4 Å². The molecule has 0 radical (unpaired) electrons. The van der Waals surface area contributed by atoms with E-state index in [1.165, 1.54) is 0 Å². The molecule has 2 aromatic heterocycles. The normalized spacial score (nSPS) is 13.3. The molecule has 0 saturated carbocycles. The number of carbonyl (C=O) groups excluding carboxylic acids is 1. The van der Waals surface area contributed by atoms with E-state index >= 15 is 0 Å². The highest BCUT2D eigenvalue weighted by Gasteiger charge is 2.13. The summed E-state index contributed by atoms with van der Waals surface area (Å²) in [6, 6.07) is 13.1. The Morgan fingerprint density at radius 2 is 2.00 bits per heavy atom. The Balaban J connectivity index is 1.51. The maximum atomic E-state index is 12.5. The largest absolute Gasteiger partial charge is 0.351 e. The van der Waals surface area contributed by atoms with Gasteiger partial charge in [0, 0.05) is 35.9 Å². The first-order valence-corrected chi connectivity index (χ1v) is 8.52. The third kappa shape index (κ3) is 3.43. The van der Waals surface area contributed by atoms with Crippen molar-refractivity contribution >= 4 is 23.2 Å². The van der Waals surface area contributed by atoms with Crippen molar-refractivity contribution in [3.8, 4) is 11.3 Å². The van der Waals surface area contributed by atoms with Crippen molar-refractivity contribution in [1.29, 1.82) is 0 Å². The minimum atomic E-state index is -0.189. The molecular weight excluding hydrogens is 336 g/mol. The molecule has 1 aliphatic rings. The van der Waals surface area contributed by atoms with Crippen molar-refractivity contribution in [2.75, 3.05) is 11.9 Å². The van der Waals surface area contributed by atoms with Crippen molar-refractivity contribution in [3.05, 3.63) is 70.6 Å². The van der Waals surface area contributed by atoms with Crippen LogP contribution < -0.4 is 10.6 Å². The molecule has 0 saturated heterocycles. The summed E-state index contributed by atoms with van der Waals surface area (Å²) in [5.74, 6) is -0.189. The number of H-pyrrole nitrogens is 1. The van der Waals surface area contributed by atoms with Gasteiger partial charge in [-0.3, -0.25) is 9.78 Å². The van der Waals surface area contributed by atoms with Gasteiger partial charge < -0.3 is 15.6 Å². The fraction of sp³-hybridized carbons (Fsp3) is 0.158. The van der Waals surface area contributed by atoms with Gasteiger partial charge in [-0.2, -0.15) is 0 Å². The number of aromatic amines is 1. The van der Waals surface area contributed by atoms with E-state index in [9.17, 15) is 4.79 Å². The standard InChI is InChI=1S/C19H17ClN4O/c20-14-3-1-12(2-4-14)17-5-6-18(24-17)19(25)23-15-9-13-10-21-8-7-16(13)22-11-15/h1-6,9,11,21,24H,7-8,10H2,(H,23,25). The van der Waals surface area contributed by atoms with Crippen LogP contribution in [0.4, 0.5) is 5.69 Å². The Morgan fingerprint density at radius 1 is 1.16 bits per heavy atom. The maximum Gasteiger partial charge on any atom is 0.272 e. The number of pyridine rings is 1. The van der Waals surface area contributed by atoms with E-state index in [2.05, 4.69) is 20.6 Å². The summed E-state index contributed by atoms with van der Waals surface area (Å²) in [4.78, 5) is 20.1. The smallest absolute Gasteiger partial charge is 0.272 e. The Kier molecular flexibility index (Phi) is 4.26. The second-order valence-corrected chi connectivity index (χ2v) is 6.44. The Bertz CT molecular complexity index is 917. The van der Waals surface area contributed by atoms with E-state index in [4.69, 9.17) is 11.6 Å². The lowest BCUT2D eigenvalue weighted by atomic mass is 10.1. The zero-order valence-electron chi connectivity index (χ0n) is 13.5. The number of nitrogens with zero attached hydrogens (tertiary/aromatic N) is 1. The molecule has 3 heterocycles. The fourth-order valence-corrected chi connectivity index (χ4v) is 3.06. The molecule has 126 valence electrons. The van der Waals surface area contributed by atoms with Crippen LogP contribution in [0.15, 0.2) is 48.7 Å². The monoisotopic (exact) mass is 352 g/mol. The minimum Gasteiger partial charge on any atom is -0.351 e. The van der Waals surface area contributed by atoms with Crippen LogP contribution in [0.5, 0.6) is 0 Å². The van der Waals surface area contributed by atoms with Gasteiger partial charge in [-0.25, -0.2) is 0 Å². The van der Waals surface area contributed by atoms with Gasteiger partial charge in [-0.05, 0) is 41.5 Å². The molecule has 0 bridgehead atoms. The number of halogens is 1. The summed E-state index contributed by atoms with van der Waals surface area (Å²) in [5.41, 5.74) is 5.29. The number of anilines is 1. The van der Waals surface area contributed by atoms with Gasteiger partial charge >= 0.3 is 0 Å². The van der Waals surface area contributed by atoms with E-state index < -0.39 is 0 Å². The van der Waals surface area contributed by atoms with E-state index in [1.807, 2.05) is 36.4 Å². The molecule has 1 aromatic carbocycles.